The summed E-state index contributed by atoms with van der Waals surface area (Å²) < 4.78 is 7.00. The van der Waals surface area contributed by atoms with E-state index in [0.717, 1.165) is 11.1 Å². The van der Waals surface area contributed by atoms with Crippen LogP contribution in [0.2, 0.25) is 0 Å². The van der Waals surface area contributed by atoms with Gasteiger partial charge in [-0.15, -0.1) is 0 Å². The molecule has 0 fully saturated rings. The van der Waals surface area contributed by atoms with Crippen molar-refractivity contribution < 1.29 is 29.6 Å². The summed E-state index contributed by atoms with van der Waals surface area (Å²) in [6, 6.07) is 7.63. The van der Waals surface area contributed by atoms with Crippen LogP contribution in [-0.4, -0.2) is 27.3 Å². The number of rotatable bonds is 3. The van der Waals surface area contributed by atoms with E-state index in [4.69, 9.17) is 4.74 Å². The number of aromatic hydroxyl groups is 2. The number of aromatic carboxylic acids is 1. The van der Waals surface area contributed by atoms with Gasteiger partial charge in [0.1, 0.15) is 11.5 Å². The Labute approximate surface area is 207 Å². The first kappa shape index (κ1) is 23.3. The van der Waals surface area contributed by atoms with Gasteiger partial charge in [-0.25, -0.2) is 9.59 Å². The van der Waals surface area contributed by atoms with Crippen LogP contribution in [0.1, 0.15) is 59.7 Å². The fraction of sp³-hybridized carbons (Fsp3) is 0.200. The molecule has 1 aliphatic heterocycles. The van der Waals surface area contributed by atoms with Crippen molar-refractivity contribution in [1.82, 2.24) is 0 Å². The molecule has 3 aromatic rings. The normalized spacial score (nSPS) is 14.2. The standard InChI is InChI=1S/C25H20Br2O6/c1-10-7-12(3)21(28)17(19(10)26)25(18-20(27)11(2)8-13(4)22(18)29)16-9-14(23(30)31)5-6-15(16)24(32)33-25/h5-9,28-29H,1-4H3,(H,30,31). The van der Waals surface area contributed by atoms with Crippen LogP contribution >= 0.6 is 31.9 Å². The Balaban J connectivity index is 2.30. The molecule has 1 heterocycles. The third-order valence-electron chi connectivity index (χ3n) is 6.03. The van der Waals surface area contributed by atoms with E-state index in [2.05, 4.69) is 31.9 Å². The molecule has 4 rings (SSSR count). The number of carbonyl (C=O) groups excluding carboxylic acids is 1. The average molecular weight is 576 g/mol. The number of fused-ring (bicyclic) bond motifs is 1. The Morgan fingerprint density at radius 1 is 0.848 bits per heavy atom. The van der Waals surface area contributed by atoms with Crippen molar-refractivity contribution in [1.29, 1.82) is 0 Å². The Bertz CT molecular complexity index is 1260. The highest BCUT2D eigenvalue weighted by atomic mass is 79.9. The van der Waals surface area contributed by atoms with Gasteiger partial charge in [0.05, 0.1) is 22.3 Å². The predicted molar refractivity (Wildman–Crippen MR) is 129 cm³/mol. The van der Waals surface area contributed by atoms with Crippen molar-refractivity contribution in [3.05, 3.63) is 89.3 Å². The number of phenolic OH excluding ortho intramolecular Hbond substituents is 2. The SMILES string of the molecule is Cc1cc(C)c(Br)c(C2(c3c(O)c(C)cc(C)c3Br)OC(=O)c3ccc(C(=O)O)cc32)c1O. The zero-order valence-electron chi connectivity index (χ0n) is 18.2. The maximum Gasteiger partial charge on any atom is 0.340 e. The Morgan fingerprint density at radius 3 is 1.79 bits per heavy atom. The molecule has 3 N–H and O–H groups in total. The molecule has 0 atom stereocenters. The number of phenols is 2. The van der Waals surface area contributed by atoms with E-state index in [-0.39, 0.29) is 39.3 Å². The molecule has 0 aliphatic carbocycles. The molecule has 0 saturated carbocycles. The van der Waals surface area contributed by atoms with E-state index in [0.29, 0.717) is 20.1 Å². The molecule has 3 aromatic carbocycles. The molecule has 0 amide bonds. The molecule has 0 unspecified atom stereocenters. The highest BCUT2D eigenvalue weighted by molar-refractivity contribution is 9.11. The van der Waals surface area contributed by atoms with Crippen LogP contribution in [0.4, 0.5) is 0 Å². The predicted octanol–water partition coefficient (Wildman–Crippen LogP) is 6.02. The average Bonchev–Trinajstić information content (AvgIpc) is 3.03. The summed E-state index contributed by atoms with van der Waals surface area (Å²) >= 11 is 7.10. The minimum atomic E-state index is -1.82. The molecule has 170 valence electrons. The monoisotopic (exact) mass is 574 g/mol. The van der Waals surface area contributed by atoms with Gasteiger partial charge in [-0.1, -0.05) is 12.1 Å². The maximum atomic E-state index is 13.1. The van der Waals surface area contributed by atoms with Crippen LogP contribution < -0.4 is 0 Å². The second kappa shape index (κ2) is 7.88. The Kier molecular flexibility index (Phi) is 5.57. The lowest BCUT2D eigenvalue weighted by atomic mass is 9.76. The molecule has 1 aliphatic rings. The number of ether oxygens (including phenoxy) is 1. The number of halogens is 2. The second-order valence-electron chi connectivity index (χ2n) is 8.23. The number of aryl methyl sites for hydroxylation is 4. The largest absolute Gasteiger partial charge is 0.507 e. The lowest BCUT2D eigenvalue weighted by Gasteiger charge is -2.34. The summed E-state index contributed by atoms with van der Waals surface area (Å²) in [4.78, 5) is 24.9. The lowest BCUT2D eigenvalue weighted by Crippen LogP contribution is -2.32. The fourth-order valence-corrected chi connectivity index (χ4v) is 5.61. The first-order valence-electron chi connectivity index (χ1n) is 10.0. The highest BCUT2D eigenvalue weighted by Crippen LogP contribution is 2.57. The van der Waals surface area contributed by atoms with E-state index in [1.54, 1.807) is 26.0 Å². The molecule has 0 spiro atoms. The molecular weight excluding hydrogens is 556 g/mol. The summed E-state index contributed by atoms with van der Waals surface area (Å²) in [5, 5.41) is 32.2. The van der Waals surface area contributed by atoms with Crippen LogP contribution in [0, 0.1) is 27.7 Å². The van der Waals surface area contributed by atoms with Crippen LogP contribution in [0.25, 0.3) is 0 Å². The van der Waals surface area contributed by atoms with Crippen molar-refractivity contribution >= 4 is 43.8 Å². The number of esters is 1. The zero-order valence-corrected chi connectivity index (χ0v) is 21.4. The van der Waals surface area contributed by atoms with Crippen LogP contribution in [-0.2, 0) is 10.3 Å². The van der Waals surface area contributed by atoms with Crippen LogP contribution in [0.3, 0.4) is 0 Å². The van der Waals surface area contributed by atoms with Gasteiger partial charge in [-0.3, -0.25) is 0 Å². The van der Waals surface area contributed by atoms with Gasteiger partial charge in [0, 0.05) is 14.5 Å². The minimum Gasteiger partial charge on any atom is -0.507 e. The highest BCUT2D eigenvalue weighted by Gasteiger charge is 2.54. The number of benzene rings is 3. The molecule has 6 nitrogen and oxygen atoms in total. The molecule has 0 bridgehead atoms. The Morgan fingerprint density at radius 2 is 1.33 bits per heavy atom. The number of carbonyl (C=O) groups is 2. The smallest absolute Gasteiger partial charge is 0.340 e. The van der Waals surface area contributed by atoms with E-state index in [9.17, 15) is 24.9 Å². The van der Waals surface area contributed by atoms with Crippen molar-refractivity contribution in [2.75, 3.05) is 0 Å². The van der Waals surface area contributed by atoms with Gasteiger partial charge in [0.2, 0.25) is 0 Å². The summed E-state index contributed by atoms with van der Waals surface area (Å²) in [6.45, 7) is 7.09. The van der Waals surface area contributed by atoms with E-state index in [1.165, 1.54) is 18.2 Å². The van der Waals surface area contributed by atoms with Gasteiger partial charge in [0.15, 0.2) is 5.60 Å². The third-order valence-corrected chi connectivity index (χ3v) is 8.08. The molecule has 8 heteroatoms. The molecule has 0 radical (unpaired) electrons. The van der Waals surface area contributed by atoms with Crippen molar-refractivity contribution in [2.24, 2.45) is 0 Å². The van der Waals surface area contributed by atoms with Crippen molar-refractivity contribution in [3.8, 4) is 11.5 Å². The zero-order chi connectivity index (χ0) is 24.4. The summed E-state index contributed by atoms with van der Waals surface area (Å²) in [7, 11) is 0. The first-order valence-corrected chi connectivity index (χ1v) is 11.6. The summed E-state index contributed by atoms with van der Waals surface area (Å²) in [5.41, 5.74) is 1.48. The molecule has 0 aromatic heterocycles. The third kappa shape index (κ3) is 3.27. The Hall–Kier alpha value is -2.84. The summed E-state index contributed by atoms with van der Waals surface area (Å²) in [6.07, 6.45) is 0. The quantitative estimate of drug-likeness (QED) is 0.330. The second-order valence-corrected chi connectivity index (χ2v) is 9.82. The van der Waals surface area contributed by atoms with E-state index in [1.807, 2.05) is 13.8 Å². The number of hydrogen-bond acceptors (Lipinski definition) is 5. The molecule has 0 saturated heterocycles. The summed E-state index contributed by atoms with van der Waals surface area (Å²) in [5.74, 6) is -2.16. The molecular formula is C25H20Br2O6. The van der Waals surface area contributed by atoms with E-state index < -0.39 is 17.5 Å². The van der Waals surface area contributed by atoms with Gasteiger partial charge >= 0.3 is 11.9 Å². The van der Waals surface area contributed by atoms with Crippen molar-refractivity contribution in [2.45, 2.75) is 33.3 Å². The van der Waals surface area contributed by atoms with E-state index >= 15 is 0 Å². The topological polar surface area (TPSA) is 104 Å². The fourth-order valence-electron chi connectivity index (χ4n) is 4.44. The number of cyclic esters (lactones) is 1. The number of carboxylic acids is 1. The minimum absolute atomic E-state index is 0.0589. The first-order chi connectivity index (χ1) is 15.4. The number of carboxylic acid groups (broad SMARTS) is 1. The number of hydrogen-bond donors (Lipinski definition) is 3. The lowest BCUT2D eigenvalue weighted by molar-refractivity contribution is 0.0234. The van der Waals surface area contributed by atoms with Gasteiger partial charge in [-0.05, 0) is 100 Å². The van der Waals surface area contributed by atoms with Gasteiger partial charge in [-0.2, -0.15) is 0 Å². The van der Waals surface area contributed by atoms with Gasteiger partial charge in [0.25, 0.3) is 0 Å². The molecule has 33 heavy (non-hydrogen) atoms. The maximum absolute atomic E-state index is 13.1. The van der Waals surface area contributed by atoms with Crippen LogP contribution in [0.15, 0.2) is 39.3 Å². The van der Waals surface area contributed by atoms with Gasteiger partial charge < -0.3 is 20.1 Å². The van der Waals surface area contributed by atoms with Crippen LogP contribution in [0.5, 0.6) is 11.5 Å². The van der Waals surface area contributed by atoms with Crippen molar-refractivity contribution in [3.63, 3.8) is 0 Å².